The number of amides is 1. The SMILES string of the molecule is Cc1nc(N[C@@H](C)C(N)=O)c2c(CC(C)C)csc2n1. The highest BCUT2D eigenvalue weighted by Gasteiger charge is 2.17. The van der Waals surface area contributed by atoms with Crippen molar-refractivity contribution in [3.05, 3.63) is 16.8 Å². The molecule has 3 N–H and O–H groups in total. The number of fused-ring (bicyclic) bond motifs is 1. The Morgan fingerprint density at radius 1 is 1.40 bits per heavy atom. The van der Waals surface area contributed by atoms with Gasteiger partial charge in [0.1, 0.15) is 22.5 Å². The number of carbonyl (C=O) groups is 1. The number of primary amides is 1. The van der Waals surface area contributed by atoms with Crippen molar-refractivity contribution in [2.45, 2.75) is 40.2 Å². The van der Waals surface area contributed by atoms with E-state index in [1.165, 1.54) is 5.56 Å². The lowest BCUT2D eigenvalue weighted by Crippen LogP contribution is -2.33. The van der Waals surface area contributed by atoms with Gasteiger partial charge in [-0.3, -0.25) is 4.79 Å². The summed E-state index contributed by atoms with van der Waals surface area (Å²) < 4.78 is 0. The molecule has 0 bridgehead atoms. The van der Waals surface area contributed by atoms with Gasteiger partial charge < -0.3 is 11.1 Å². The lowest BCUT2D eigenvalue weighted by Gasteiger charge is -2.13. The van der Waals surface area contributed by atoms with Crippen LogP contribution >= 0.6 is 11.3 Å². The molecule has 0 saturated carbocycles. The smallest absolute Gasteiger partial charge is 0.239 e. The van der Waals surface area contributed by atoms with Gasteiger partial charge in [-0.15, -0.1) is 11.3 Å². The van der Waals surface area contributed by atoms with Crippen molar-refractivity contribution in [3.63, 3.8) is 0 Å². The lowest BCUT2D eigenvalue weighted by molar-refractivity contribution is -0.118. The molecular formula is C14H20N4OS. The summed E-state index contributed by atoms with van der Waals surface area (Å²) in [5.74, 6) is 1.55. The maximum absolute atomic E-state index is 11.2. The van der Waals surface area contributed by atoms with Crippen LogP contribution in [-0.4, -0.2) is 21.9 Å². The highest BCUT2D eigenvalue weighted by molar-refractivity contribution is 7.17. The molecule has 1 atom stereocenters. The van der Waals surface area contributed by atoms with Crippen LogP contribution in [0.1, 0.15) is 32.2 Å². The standard InChI is InChI=1S/C14H20N4OS/c1-7(2)5-10-6-20-14-11(10)13(17-9(4)18-14)16-8(3)12(15)19/h6-8H,5H2,1-4H3,(H2,15,19)(H,16,17,18)/t8-/m0/s1. The highest BCUT2D eigenvalue weighted by Crippen LogP contribution is 2.31. The molecule has 0 unspecified atom stereocenters. The van der Waals surface area contributed by atoms with E-state index in [-0.39, 0.29) is 0 Å². The Kier molecular flexibility index (Phi) is 4.23. The summed E-state index contributed by atoms with van der Waals surface area (Å²) in [5.41, 5.74) is 6.54. The minimum Gasteiger partial charge on any atom is -0.368 e. The van der Waals surface area contributed by atoms with Gasteiger partial charge in [0.05, 0.1) is 5.39 Å². The molecule has 0 radical (unpaired) electrons. The van der Waals surface area contributed by atoms with Crippen molar-refractivity contribution in [2.24, 2.45) is 11.7 Å². The van der Waals surface area contributed by atoms with Crippen LogP contribution in [0.25, 0.3) is 10.2 Å². The predicted molar refractivity (Wildman–Crippen MR) is 83.0 cm³/mol. The molecule has 2 rings (SSSR count). The molecule has 0 aliphatic heterocycles. The van der Waals surface area contributed by atoms with E-state index >= 15 is 0 Å². The zero-order valence-corrected chi connectivity index (χ0v) is 13.0. The van der Waals surface area contributed by atoms with Gasteiger partial charge >= 0.3 is 0 Å². The summed E-state index contributed by atoms with van der Waals surface area (Å²) in [6.45, 7) is 7.94. The molecule has 2 heterocycles. The van der Waals surface area contributed by atoms with Crippen LogP contribution in [0.3, 0.4) is 0 Å². The number of anilines is 1. The van der Waals surface area contributed by atoms with E-state index in [9.17, 15) is 4.79 Å². The second-order valence-electron chi connectivity index (χ2n) is 5.43. The van der Waals surface area contributed by atoms with Crippen LogP contribution in [0.4, 0.5) is 5.82 Å². The topological polar surface area (TPSA) is 80.9 Å². The largest absolute Gasteiger partial charge is 0.368 e. The molecule has 0 aromatic carbocycles. The van der Waals surface area contributed by atoms with Gasteiger partial charge in [0.2, 0.25) is 5.91 Å². The second kappa shape index (κ2) is 5.75. The molecule has 0 aliphatic carbocycles. The third kappa shape index (κ3) is 3.07. The zero-order chi connectivity index (χ0) is 14.9. The zero-order valence-electron chi connectivity index (χ0n) is 12.2. The number of nitrogens with one attached hydrogen (secondary N) is 1. The molecular weight excluding hydrogens is 272 g/mol. The first kappa shape index (κ1) is 14.7. The van der Waals surface area contributed by atoms with E-state index in [0.717, 1.165) is 16.6 Å². The number of thiophene rings is 1. The van der Waals surface area contributed by atoms with Crippen molar-refractivity contribution in [1.29, 1.82) is 0 Å². The summed E-state index contributed by atoms with van der Waals surface area (Å²) >= 11 is 1.61. The number of hydrogen-bond acceptors (Lipinski definition) is 5. The number of aryl methyl sites for hydroxylation is 1. The molecule has 2 aromatic rings. The predicted octanol–water partition coefficient (Wildman–Crippen LogP) is 2.48. The van der Waals surface area contributed by atoms with Crippen molar-refractivity contribution >= 4 is 33.3 Å². The van der Waals surface area contributed by atoms with Crippen molar-refractivity contribution in [3.8, 4) is 0 Å². The maximum atomic E-state index is 11.2. The molecule has 108 valence electrons. The van der Waals surface area contributed by atoms with Gasteiger partial charge in [0, 0.05) is 0 Å². The second-order valence-corrected chi connectivity index (χ2v) is 6.28. The molecule has 0 saturated heterocycles. The van der Waals surface area contributed by atoms with E-state index < -0.39 is 11.9 Å². The molecule has 2 aromatic heterocycles. The minimum atomic E-state index is -0.459. The van der Waals surface area contributed by atoms with E-state index in [1.807, 2.05) is 6.92 Å². The molecule has 0 spiro atoms. The Morgan fingerprint density at radius 2 is 2.10 bits per heavy atom. The van der Waals surface area contributed by atoms with Gasteiger partial charge in [-0.05, 0) is 37.1 Å². The molecule has 6 heteroatoms. The molecule has 0 aliphatic rings. The number of aromatic nitrogens is 2. The van der Waals surface area contributed by atoms with Gasteiger partial charge in [-0.1, -0.05) is 13.8 Å². The van der Waals surface area contributed by atoms with E-state index in [0.29, 0.717) is 17.6 Å². The van der Waals surface area contributed by atoms with Gasteiger partial charge in [-0.25, -0.2) is 9.97 Å². The van der Waals surface area contributed by atoms with Crippen LogP contribution in [0.15, 0.2) is 5.38 Å². The summed E-state index contributed by atoms with van der Waals surface area (Å²) in [4.78, 5) is 21.1. The Hall–Kier alpha value is -1.69. The Labute approximate surface area is 122 Å². The van der Waals surface area contributed by atoms with Gasteiger partial charge in [-0.2, -0.15) is 0 Å². The van der Waals surface area contributed by atoms with Gasteiger partial charge in [0.15, 0.2) is 0 Å². The number of carbonyl (C=O) groups excluding carboxylic acids is 1. The van der Waals surface area contributed by atoms with E-state index in [4.69, 9.17) is 5.73 Å². The fourth-order valence-electron chi connectivity index (χ4n) is 2.08. The number of nitrogens with two attached hydrogens (primary N) is 1. The van der Waals surface area contributed by atoms with Crippen LogP contribution in [0.5, 0.6) is 0 Å². The number of nitrogens with zero attached hydrogens (tertiary/aromatic N) is 2. The van der Waals surface area contributed by atoms with E-state index in [1.54, 1.807) is 18.3 Å². The third-order valence-corrected chi connectivity index (χ3v) is 3.95. The average molecular weight is 292 g/mol. The van der Waals surface area contributed by atoms with Crippen LogP contribution in [-0.2, 0) is 11.2 Å². The van der Waals surface area contributed by atoms with Crippen LogP contribution in [0.2, 0.25) is 0 Å². The fraction of sp³-hybridized carbons (Fsp3) is 0.500. The Bertz CT molecular complexity index is 635. The summed E-state index contributed by atoms with van der Waals surface area (Å²) in [6, 6.07) is -0.459. The lowest BCUT2D eigenvalue weighted by atomic mass is 10.0. The first-order valence-corrected chi connectivity index (χ1v) is 7.57. The Morgan fingerprint density at radius 3 is 2.70 bits per heavy atom. The van der Waals surface area contributed by atoms with Crippen molar-refractivity contribution in [2.75, 3.05) is 5.32 Å². The Balaban J connectivity index is 2.50. The number of hydrogen-bond donors (Lipinski definition) is 2. The summed E-state index contributed by atoms with van der Waals surface area (Å²) in [5, 5.41) is 6.25. The van der Waals surface area contributed by atoms with Crippen molar-refractivity contribution < 1.29 is 4.79 Å². The quantitative estimate of drug-likeness (QED) is 0.887. The highest BCUT2D eigenvalue weighted by atomic mass is 32.1. The molecule has 5 nitrogen and oxygen atoms in total. The van der Waals surface area contributed by atoms with Gasteiger partial charge in [0.25, 0.3) is 0 Å². The fourth-order valence-corrected chi connectivity index (χ4v) is 3.08. The van der Waals surface area contributed by atoms with Crippen LogP contribution < -0.4 is 11.1 Å². The molecule has 1 amide bonds. The average Bonchev–Trinajstić information content (AvgIpc) is 2.71. The van der Waals surface area contributed by atoms with E-state index in [2.05, 4.69) is 34.5 Å². The summed E-state index contributed by atoms with van der Waals surface area (Å²) in [6.07, 6.45) is 0.964. The normalized spacial score (nSPS) is 12.8. The molecule has 20 heavy (non-hydrogen) atoms. The van der Waals surface area contributed by atoms with Crippen molar-refractivity contribution in [1.82, 2.24) is 9.97 Å². The monoisotopic (exact) mass is 292 g/mol. The first-order valence-electron chi connectivity index (χ1n) is 6.69. The first-order chi connectivity index (χ1) is 9.38. The van der Waals surface area contributed by atoms with Crippen LogP contribution in [0, 0.1) is 12.8 Å². The summed E-state index contributed by atoms with van der Waals surface area (Å²) in [7, 11) is 0. The molecule has 0 fully saturated rings. The maximum Gasteiger partial charge on any atom is 0.239 e. The third-order valence-electron chi connectivity index (χ3n) is 3.03. The number of rotatable bonds is 5. The minimum absolute atomic E-state index is 0.393.